The van der Waals surface area contributed by atoms with Crippen LogP contribution < -0.4 is 10.6 Å². The van der Waals surface area contributed by atoms with Gasteiger partial charge in [-0.15, -0.1) is 20.4 Å². The maximum Gasteiger partial charge on any atom is 0.307 e. The Morgan fingerprint density at radius 2 is 0.628 bits per heavy atom. The number of rotatable bonds is 60. The molecule has 0 aliphatic rings. The van der Waals surface area contributed by atoms with Crippen molar-refractivity contribution < 1.29 is 47.7 Å². The molecule has 4 heterocycles. The molecule has 0 atom stereocenters. The van der Waals surface area contributed by atoms with Crippen LogP contribution in [0, 0.1) is 0 Å². The summed E-state index contributed by atoms with van der Waals surface area (Å²) in [5, 5.41) is 39.8. The van der Waals surface area contributed by atoms with Gasteiger partial charge in [-0.1, -0.05) is 126 Å². The molecular formula is C67H117N17O10. The van der Waals surface area contributed by atoms with E-state index in [1.807, 2.05) is 60.4 Å². The largest absolute Gasteiger partial charge is 0.465 e. The monoisotopic (exact) mass is 1320 g/mol. The van der Waals surface area contributed by atoms with Gasteiger partial charge in [0.2, 0.25) is 11.8 Å². The van der Waals surface area contributed by atoms with Gasteiger partial charge in [-0.2, -0.15) is 0 Å². The minimum atomic E-state index is -0.347. The number of hydrogen-bond donors (Lipinski definition) is 2. The van der Waals surface area contributed by atoms with E-state index in [1.165, 1.54) is 51.4 Å². The maximum absolute atomic E-state index is 13.0. The molecule has 0 spiro atoms. The van der Waals surface area contributed by atoms with Crippen molar-refractivity contribution in [2.75, 3.05) is 98.9 Å². The number of nitrogens with one attached hydrogen (secondary N) is 2. The first-order valence-corrected chi connectivity index (χ1v) is 35.7. The molecule has 27 heteroatoms. The highest BCUT2D eigenvalue weighted by Gasteiger charge is 2.17. The summed E-state index contributed by atoms with van der Waals surface area (Å²) in [5.74, 6) is -1.52. The van der Waals surface area contributed by atoms with Crippen LogP contribution in [0.5, 0.6) is 0 Å². The third-order valence-corrected chi connectivity index (χ3v) is 16.2. The van der Waals surface area contributed by atoms with Gasteiger partial charge in [0, 0.05) is 129 Å². The Morgan fingerprint density at radius 1 is 0.351 bits per heavy atom. The number of nitrogens with zero attached hydrogens (tertiary/aromatic N) is 15. The predicted molar refractivity (Wildman–Crippen MR) is 358 cm³/mol. The molecule has 94 heavy (non-hydrogen) atoms. The lowest BCUT2D eigenvalue weighted by atomic mass is 10.2. The van der Waals surface area contributed by atoms with Crippen molar-refractivity contribution >= 4 is 35.7 Å². The Hall–Kier alpha value is -6.74. The summed E-state index contributed by atoms with van der Waals surface area (Å²) in [7, 11) is 2.02. The fourth-order valence-electron chi connectivity index (χ4n) is 10.5. The lowest BCUT2D eigenvalue weighted by Gasteiger charge is -2.21. The minimum Gasteiger partial charge on any atom is -0.465 e. The van der Waals surface area contributed by atoms with Crippen LogP contribution in [0.15, 0.2) is 24.8 Å². The Balaban J connectivity index is 1.11. The van der Waals surface area contributed by atoms with Crippen molar-refractivity contribution in [1.82, 2.24) is 85.3 Å². The SMILES string of the molecule is CCCCCCn1cc(CCOC(=O)CCN(CCCC(=O)NCCCN(C)CCCNC(=O)CCCN(CCC(=O)OCCc2cn(CCCCCC)nn2)CCC(=O)OCCc2cn(CCCCCC)nn2)CCC(=O)OCCc2cn(CCCCCC)nn2)nn1. The average Bonchev–Trinajstić information content (AvgIpc) is 2.31. The number of aryl methyl sites for hydroxylation is 4. The number of amides is 2. The van der Waals surface area contributed by atoms with Crippen molar-refractivity contribution in [3.63, 3.8) is 0 Å². The summed E-state index contributed by atoms with van der Waals surface area (Å²) in [6.45, 7) is 17.8. The summed E-state index contributed by atoms with van der Waals surface area (Å²) in [6.07, 6.45) is 31.4. The standard InChI is InChI=1S/C67H117N17O10/c1-6-10-14-18-42-81-54-58(70-74-81)32-50-91-64(87)28-46-79(47-29-65(88)92-51-33-59-55-82(75-71-59)43-19-15-11-7-2)40-22-26-62(85)68-36-24-38-78(5)39-25-37-69-63(86)27-23-41-80(48-30-66(89)93-52-34-60-56-83(76-72-60)44-20-16-12-8-3)49-31-67(90)94-53-35-61-57-84(77-73-61)45-21-17-13-9-4/h54-57H,6-53H2,1-5H3,(H,68,85)(H,69,86). The van der Waals surface area contributed by atoms with E-state index >= 15 is 0 Å². The Labute approximate surface area is 559 Å². The fraction of sp³-hybridized carbons (Fsp3) is 0.791. The number of unbranched alkanes of at least 4 members (excludes halogenated alkanes) is 12. The number of aromatic nitrogens is 12. The highest BCUT2D eigenvalue weighted by atomic mass is 16.5. The fourth-order valence-corrected chi connectivity index (χ4v) is 10.5. The molecule has 0 aromatic carbocycles. The van der Waals surface area contributed by atoms with Gasteiger partial charge in [-0.05, 0) is 84.6 Å². The molecule has 4 aromatic rings. The van der Waals surface area contributed by atoms with E-state index in [0.717, 1.165) is 126 Å². The zero-order chi connectivity index (χ0) is 67.5. The van der Waals surface area contributed by atoms with Gasteiger partial charge in [0.15, 0.2) is 0 Å². The molecule has 2 amide bonds. The number of esters is 4. The van der Waals surface area contributed by atoms with E-state index in [9.17, 15) is 28.8 Å². The maximum atomic E-state index is 13.0. The molecule has 0 aliphatic heterocycles. The molecule has 0 bridgehead atoms. The van der Waals surface area contributed by atoms with Crippen molar-refractivity contribution in [3.8, 4) is 0 Å². The quantitative estimate of drug-likeness (QED) is 0.0246. The van der Waals surface area contributed by atoms with E-state index in [-0.39, 0.29) is 87.8 Å². The van der Waals surface area contributed by atoms with Crippen LogP contribution in [-0.2, 0) is 99.6 Å². The molecule has 2 N–H and O–H groups in total. The Bertz CT molecular complexity index is 2320. The van der Waals surface area contributed by atoms with Crippen molar-refractivity contribution in [1.29, 1.82) is 0 Å². The second kappa shape index (κ2) is 51.6. The van der Waals surface area contributed by atoms with Crippen molar-refractivity contribution in [2.24, 2.45) is 0 Å². The summed E-state index contributed by atoms with van der Waals surface area (Å²) in [4.78, 5) is 83.6. The lowest BCUT2D eigenvalue weighted by Crippen LogP contribution is -2.33. The lowest BCUT2D eigenvalue weighted by molar-refractivity contribution is -0.145. The number of carbonyl (C=O) groups excluding carboxylic acids is 6. The van der Waals surface area contributed by atoms with Crippen molar-refractivity contribution in [3.05, 3.63) is 47.6 Å². The highest BCUT2D eigenvalue weighted by Crippen LogP contribution is 2.10. The van der Waals surface area contributed by atoms with Crippen molar-refractivity contribution in [2.45, 2.75) is 246 Å². The van der Waals surface area contributed by atoms with Crippen LogP contribution in [0.2, 0.25) is 0 Å². The van der Waals surface area contributed by atoms with Crippen LogP contribution >= 0.6 is 0 Å². The number of carbonyl (C=O) groups is 6. The molecule has 530 valence electrons. The van der Waals surface area contributed by atoms with Gasteiger partial charge < -0.3 is 44.3 Å². The first-order valence-electron chi connectivity index (χ1n) is 35.7. The molecule has 0 fully saturated rings. The first-order chi connectivity index (χ1) is 45.8. The Morgan fingerprint density at radius 3 is 0.894 bits per heavy atom. The minimum absolute atomic E-state index is 0.0675. The summed E-state index contributed by atoms with van der Waals surface area (Å²) < 4.78 is 29.6. The number of hydrogen-bond acceptors (Lipinski definition) is 21. The molecule has 0 aliphatic carbocycles. The van der Waals surface area contributed by atoms with E-state index in [1.54, 1.807) is 0 Å². The van der Waals surface area contributed by atoms with E-state index in [4.69, 9.17) is 18.9 Å². The molecule has 4 rings (SSSR count). The smallest absolute Gasteiger partial charge is 0.307 e. The van der Waals surface area contributed by atoms with Gasteiger partial charge >= 0.3 is 23.9 Å². The normalized spacial score (nSPS) is 11.5. The van der Waals surface area contributed by atoms with Gasteiger partial charge in [-0.25, -0.2) is 0 Å². The molecule has 0 radical (unpaired) electrons. The molecule has 0 saturated heterocycles. The van der Waals surface area contributed by atoms with Crippen LogP contribution in [0.1, 0.15) is 217 Å². The third-order valence-electron chi connectivity index (χ3n) is 16.2. The van der Waals surface area contributed by atoms with Crippen LogP contribution in [0.3, 0.4) is 0 Å². The van der Waals surface area contributed by atoms with Gasteiger partial charge in [0.1, 0.15) is 0 Å². The predicted octanol–water partition coefficient (Wildman–Crippen LogP) is 7.49. The number of ether oxygens (including phenoxy) is 4. The van der Waals surface area contributed by atoms with Gasteiger partial charge in [0.25, 0.3) is 0 Å². The van der Waals surface area contributed by atoms with Gasteiger partial charge in [-0.3, -0.25) is 47.5 Å². The topological polar surface area (TPSA) is 296 Å². The third kappa shape index (κ3) is 39.8. The van der Waals surface area contributed by atoms with Gasteiger partial charge in [0.05, 0.1) is 74.9 Å². The van der Waals surface area contributed by atoms with E-state index in [2.05, 4.69) is 84.5 Å². The summed E-state index contributed by atoms with van der Waals surface area (Å²) in [6, 6.07) is 0. The second-order valence-corrected chi connectivity index (χ2v) is 24.6. The Kier molecular flexibility index (Phi) is 43.7. The molecule has 0 unspecified atom stereocenters. The summed E-state index contributed by atoms with van der Waals surface area (Å²) >= 11 is 0. The molecule has 4 aromatic heterocycles. The van der Waals surface area contributed by atoms with Crippen LogP contribution in [0.4, 0.5) is 0 Å². The second-order valence-electron chi connectivity index (χ2n) is 24.6. The van der Waals surface area contributed by atoms with Crippen LogP contribution in [0.25, 0.3) is 0 Å². The highest BCUT2D eigenvalue weighted by molar-refractivity contribution is 5.76. The first kappa shape index (κ1) is 79.7. The van der Waals surface area contributed by atoms with E-state index < -0.39 is 0 Å². The van der Waals surface area contributed by atoms with Crippen LogP contribution in [-0.4, -0.2) is 209 Å². The molecule has 0 saturated carbocycles. The molecular weight excluding hydrogens is 1200 g/mol. The zero-order valence-electron chi connectivity index (χ0n) is 58.0. The summed E-state index contributed by atoms with van der Waals surface area (Å²) in [5.41, 5.74) is 3.09. The zero-order valence-corrected chi connectivity index (χ0v) is 58.0. The average molecular weight is 1320 g/mol. The van der Waals surface area contributed by atoms with E-state index in [0.29, 0.717) is 104 Å². The molecule has 27 nitrogen and oxygen atoms in total.